The third kappa shape index (κ3) is 3.83. The first-order valence-corrected chi connectivity index (χ1v) is 7.64. The molecule has 1 aromatic heterocycles. The van der Waals surface area contributed by atoms with Crippen molar-refractivity contribution in [2.75, 3.05) is 20.6 Å². The van der Waals surface area contributed by atoms with Crippen molar-refractivity contribution in [3.8, 4) is 5.75 Å². The number of nitrogens with one attached hydrogen (secondary N) is 1. The number of amides is 1. The maximum atomic E-state index is 12.2. The van der Waals surface area contributed by atoms with E-state index in [1.54, 1.807) is 29.5 Å². The summed E-state index contributed by atoms with van der Waals surface area (Å²) in [4.78, 5) is 15.5. The van der Waals surface area contributed by atoms with Crippen LogP contribution in [0.15, 0.2) is 35.7 Å². The Bertz CT molecular complexity index is 609. The molecule has 2 rings (SSSR count). The first kappa shape index (κ1) is 15.5. The van der Waals surface area contributed by atoms with Crippen LogP contribution in [0.2, 0.25) is 0 Å². The molecule has 2 aromatic rings. The van der Waals surface area contributed by atoms with Gasteiger partial charge in [0.2, 0.25) is 0 Å². The van der Waals surface area contributed by atoms with Gasteiger partial charge >= 0.3 is 0 Å². The van der Waals surface area contributed by atoms with Crippen LogP contribution in [0.25, 0.3) is 0 Å². The zero-order valence-corrected chi connectivity index (χ0v) is 13.3. The van der Waals surface area contributed by atoms with E-state index in [1.165, 1.54) is 4.88 Å². The molecule has 1 atom stereocenters. The Morgan fingerprint density at radius 3 is 2.76 bits per heavy atom. The fraction of sp³-hybridized carbons (Fsp3) is 0.312. The summed E-state index contributed by atoms with van der Waals surface area (Å²) in [7, 11) is 3.97. The van der Waals surface area contributed by atoms with Crippen molar-refractivity contribution in [1.82, 2.24) is 10.2 Å². The molecule has 112 valence electrons. The van der Waals surface area contributed by atoms with Crippen molar-refractivity contribution < 1.29 is 9.90 Å². The lowest BCUT2D eigenvalue weighted by molar-refractivity contribution is 0.0939. The summed E-state index contributed by atoms with van der Waals surface area (Å²) in [5.74, 6) is -0.241. The van der Waals surface area contributed by atoms with Crippen LogP contribution < -0.4 is 5.32 Å². The zero-order chi connectivity index (χ0) is 15.4. The molecule has 1 unspecified atom stereocenters. The minimum atomic E-state index is -0.250. The van der Waals surface area contributed by atoms with E-state index in [0.29, 0.717) is 12.1 Å². The van der Waals surface area contributed by atoms with Crippen LogP contribution in [0.1, 0.15) is 26.8 Å². The zero-order valence-electron chi connectivity index (χ0n) is 12.5. The number of phenols is 1. The Kier molecular flexibility index (Phi) is 4.98. The van der Waals surface area contributed by atoms with Gasteiger partial charge < -0.3 is 15.3 Å². The smallest absolute Gasteiger partial charge is 0.255 e. The standard InChI is InChI=1S/C16H20N2O2S/c1-11-6-7-14(19)12(9-11)16(20)17-10-13(18(2)3)15-5-4-8-21-15/h4-9,13,19H,10H2,1-3H3,(H,17,20). The molecule has 1 aromatic carbocycles. The molecule has 2 N–H and O–H groups in total. The van der Waals surface area contributed by atoms with Crippen LogP contribution in [0.4, 0.5) is 0 Å². The molecule has 0 bridgehead atoms. The Labute approximate surface area is 129 Å². The molecule has 0 fully saturated rings. The number of rotatable bonds is 5. The molecular formula is C16H20N2O2S. The SMILES string of the molecule is Cc1ccc(O)c(C(=O)NCC(c2cccs2)N(C)C)c1. The fourth-order valence-corrected chi connectivity index (χ4v) is 3.06. The molecule has 0 aliphatic rings. The molecule has 1 amide bonds. The summed E-state index contributed by atoms with van der Waals surface area (Å²) in [6.07, 6.45) is 0. The van der Waals surface area contributed by atoms with Crippen LogP contribution in [-0.4, -0.2) is 36.6 Å². The van der Waals surface area contributed by atoms with Crippen LogP contribution in [0.5, 0.6) is 5.75 Å². The number of benzene rings is 1. The molecule has 4 nitrogen and oxygen atoms in total. The lowest BCUT2D eigenvalue weighted by Crippen LogP contribution is -2.34. The number of carbonyl (C=O) groups excluding carboxylic acids is 1. The van der Waals surface area contributed by atoms with E-state index in [1.807, 2.05) is 32.5 Å². The van der Waals surface area contributed by atoms with Crippen LogP contribution >= 0.6 is 11.3 Å². The molecule has 0 saturated heterocycles. The van der Waals surface area contributed by atoms with E-state index >= 15 is 0 Å². The first-order chi connectivity index (χ1) is 9.99. The van der Waals surface area contributed by atoms with Crippen molar-refractivity contribution >= 4 is 17.2 Å². The van der Waals surface area contributed by atoms with Crippen LogP contribution in [-0.2, 0) is 0 Å². The highest BCUT2D eigenvalue weighted by Crippen LogP contribution is 2.23. The van der Waals surface area contributed by atoms with Gasteiger partial charge in [-0.25, -0.2) is 0 Å². The Morgan fingerprint density at radius 1 is 1.38 bits per heavy atom. The molecule has 0 aliphatic heterocycles. The van der Waals surface area contributed by atoms with Gasteiger partial charge in [-0.05, 0) is 44.6 Å². The second kappa shape index (κ2) is 6.74. The van der Waals surface area contributed by atoms with Gasteiger partial charge in [-0.3, -0.25) is 4.79 Å². The number of nitrogens with zero attached hydrogens (tertiary/aromatic N) is 1. The average molecular weight is 304 g/mol. The van der Waals surface area contributed by atoms with Crippen LogP contribution in [0.3, 0.4) is 0 Å². The lowest BCUT2D eigenvalue weighted by atomic mass is 10.1. The number of hydrogen-bond donors (Lipinski definition) is 2. The number of hydrogen-bond acceptors (Lipinski definition) is 4. The summed E-state index contributed by atoms with van der Waals surface area (Å²) in [6.45, 7) is 2.39. The van der Waals surface area contributed by atoms with E-state index < -0.39 is 0 Å². The summed E-state index contributed by atoms with van der Waals surface area (Å²) in [5.41, 5.74) is 1.26. The monoisotopic (exact) mass is 304 g/mol. The largest absolute Gasteiger partial charge is 0.507 e. The summed E-state index contributed by atoms with van der Waals surface area (Å²) < 4.78 is 0. The van der Waals surface area contributed by atoms with E-state index in [4.69, 9.17) is 0 Å². The Balaban J connectivity index is 2.07. The first-order valence-electron chi connectivity index (χ1n) is 6.76. The van der Waals surface area contributed by atoms with E-state index in [-0.39, 0.29) is 17.7 Å². The summed E-state index contributed by atoms with van der Waals surface area (Å²) in [6, 6.07) is 9.21. The number of phenolic OH excluding ortho intramolecular Hbond substituents is 1. The maximum Gasteiger partial charge on any atom is 0.255 e. The quantitative estimate of drug-likeness (QED) is 0.893. The van der Waals surface area contributed by atoms with Gasteiger partial charge in [-0.1, -0.05) is 17.7 Å². The molecule has 0 radical (unpaired) electrons. The van der Waals surface area contributed by atoms with Gasteiger partial charge in [-0.2, -0.15) is 0 Å². The normalized spacial score (nSPS) is 12.4. The topological polar surface area (TPSA) is 52.6 Å². The van der Waals surface area contributed by atoms with Crippen molar-refractivity contribution in [1.29, 1.82) is 0 Å². The Morgan fingerprint density at radius 2 is 2.14 bits per heavy atom. The highest BCUT2D eigenvalue weighted by Gasteiger charge is 2.18. The Hall–Kier alpha value is -1.85. The molecule has 0 aliphatic carbocycles. The molecule has 21 heavy (non-hydrogen) atoms. The van der Waals surface area contributed by atoms with Gasteiger partial charge in [0.1, 0.15) is 5.75 Å². The number of likely N-dealkylation sites (N-methyl/N-ethyl adjacent to an activating group) is 1. The summed E-state index contributed by atoms with van der Waals surface area (Å²) in [5, 5.41) is 14.7. The highest BCUT2D eigenvalue weighted by molar-refractivity contribution is 7.10. The number of aryl methyl sites for hydroxylation is 1. The van der Waals surface area contributed by atoms with Crippen molar-refractivity contribution in [2.45, 2.75) is 13.0 Å². The number of thiophene rings is 1. The van der Waals surface area contributed by atoms with E-state index in [0.717, 1.165) is 5.56 Å². The number of aromatic hydroxyl groups is 1. The van der Waals surface area contributed by atoms with Crippen molar-refractivity contribution in [3.05, 3.63) is 51.7 Å². The summed E-state index contributed by atoms with van der Waals surface area (Å²) >= 11 is 1.67. The second-order valence-electron chi connectivity index (χ2n) is 5.23. The van der Waals surface area contributed by atoms with Gasteiger partial charge in [-0.15, -0.1) is 11.3 Å². The highest BCUT2D eigenvalue weighted by atomic mass is 32.1. The lowest BCUT2D eigenvalue weighted by Gasteiger charge is -2.23. The minimum absolute atomic E-state index is 0.00984. The molecule has 0 saturated carbocycles. The molecular weight excluding hydrogens is 284 g/mol. The average Bonchev–Trinajstić information content (AvgIpc) is 2.95. The third-order valence-electron chi connectivity index (χ3n) is 3.35. The minimum Gasteiger partial charge on any atom is -0.507 e. The van der Waals surface area contributed by atoms with E-state index in [9.17, 15) is 9.90 Å². The van der Waals surface area contributed by atoms with Crippen molar-refractivity contribution in [2.24, 2.45) is 0 Å². The van der Waals surface area contributed by atoms with Crippen molar-refractivity contribution in [3.63, 3.8) is 0 Å². The third-order valence-corrected chi connectivity index (χ3v) is 4.32. The molecule has 0 spiro atoms. The second-order valence-corrected chi connectivity index (χ2v) is 6.20. The number of carbonyl (C=O) groups is 1. The fourth-order valence-electron chi connectivity index (χ4n) is 2.13. The van der Waals surface area contributed by atoms with Gasteiger partial charge in [0.15, 0.2) is 0 Å². The van der Waals surface area contributed by atoms with Gasteiger partial charge in [0.05, 0.1) is 11.6 Å². The molecule has 1 heterocycles. The van der Waals surface area contributed by atoms with Crippen LogP contribution in [0, 0.1) is 6.92 Å². The van der Waals surface area contributed by atoms with Gasteiger partial charge in [0.25, 0.3) is 5.91 Å². The molecule has 5 heteroatoms. The predicted molar refractivity (Wildman–Crippen MR) is 85.9 cm³/mol. The van der Waals surface area contributed by atoms with Gasteiger partial charge in [0, 0.05) is 11.4 Å². The maximum absolute atomic E-state index is 12.2. The van der Waals surface area contributed by atoms with E-state index in [2.05, 4.69) is 16.3 Å². The predicted octanol–water partition coefficient (Wildman–Crippen LogP) is 2.79.